The Labute approximate surface area is 203 Å². The Bertz CT molecular complexity index is 957. The molecule has 0 aromatic heterocycles. The number of carbonyl (C=O) groups excluding carboxylic acids is 1. The van der Waals surface area contributed by atoms with Crippen LogP contribution < -0.4 is 14.9 Å². The van der Waals surface area contributed by atoms with Crippen LogP contribution in [0.15, 0.2) is 58.6 Å². The average Bonchev–Trinajstić information content (AvgIpc) is 2.81. The first kappa shape index (κ1) is 25.0. The lowest BCUT2D eigenvalue weighted by Gasteiger charge is -2.25. The molecule has 0 atom stereocenters. The van der Waals surface area contributed by atoms with Crippen LogP contribution in [0, 0.1) is 0 Å². The van der Waals surface area contributed by atoms with Gasteiger partial charge in [-0.1, -0.05) is 34.1 Å². The number of nitrogens with zero attached hydrogens (tertiary/aromatic N) is 2. The zero-order valence-electron chi connectivity index (χ0n) is 18.9. The SMILES string of the molecule is C=CCc1cc(/C=N/NC(=O)CN2CCOCC2)cc(OCC)c1OCc1ccc(Br)cc1. The molecule has 33 heavy (non-hydrogen) atoms. The number of allylic oxidation sites excluding steroid dienone is 1. The lowest BCUT2D eigenvalue weighted by Crippen LogP contribution is -2.42. The maximum Gasteiger partial charge on any atom is 0.254 e. The van der Waals surface area contributed by atoms with E-state index in [4.69, 9.17) is 14.2 Å². The summed E-state index contributed by atoms with van der Waals surface area (Å²) in [5.41, 5.74) is 5.40. The predicted molar refractivity (Wildman–Crippen MR) is 133 cm³/mol. The highest BCUT2D eigenvalue weighted by molar-refractivity contribution is 9.10. The number of amides is 1. The smallest absolute Gasteiger partial charge is 0.254 e. The van der Waals surface area contributed by atoms with Crippen LogP contribution in [0.5, 0.6) is 11.5 Å². The van der Waals surface area contributed by atoms with Gasteiger partial charge in [0.15, 0.2) is 11.5 Å². The first-order chi connectivity index (χ1) is 16.1. The highest BCUT2D eigenvalue weighted by Gasteiger charge is 2.15. The van der Waals surface area contributed by atoms with Crippen molar-refractivity contribution in [2.75, 3.05) is 39.5 Å². The Hall–Kier alpha value is -2.68. The predicted octanol–water partition coefficient (Wildman–Crippen LogP) is 3.94. The third-order valence-corrected chi connectivity index (χ3v) is 5.52. The Morgan fingerprint density at radius 2 is 2.00 bits per heavy atom. The van der Waals surface area contributed by atoms with Crippen LogP contribution in [-0.2, 0) is 22.6 Å². The molecule has 1 heterocycles. The Morgan fingerprint density at radius 1 is 1.24 bits per heavy atom. The lowest BCUT2D eigenvalue weighted by atomic mass is 10.1. The summed E-state index contributed by atoms with van der Waals surface area (Å²) < 4.78 is 18.4. The quantitative estimate of drug-likeness (QED) is 0.278. The summed E-state index contributed by atoms with van der Waals surface area (Å²) in [5, 5.41) is 4.13. The molecule has 3 rings (SSSR count). The van der Waals surface area contributed by atoms with Crippen molar-refractivity contribution in [3.8, 4) is 11.5 Å². The van der Waals surface area contributed by atoms with Gasteiger partial charge in [0.25, 0.3) is 5.91 Å². The normalized spacial score (nSPS) is 14.2. The molecule has 0 saturated carbocycles. The van der Waals surface area contributed by atoms with Gasteiger partial charge >= 0.3 is 0 Å². The van der Waals surface area contributed by atoms with E-state index in [2.05, 4.69) is 33.0 Å². The topological polar surface area (TPSA) is 72.4 Å². The van der Waals surface area contributed by atoms with Gasteiger partial charge in [-0.25, -0.2) is 5.43 Å². The lowest BCUT2D eigenvalue weighted by molar-refractivity contribution is -0.123. The van der Waals surface area contributed by atoms with E-state index in [0.29, 0.717) is 50.9 Å². The number of hydrazone groups is 1. The summed E-state index contributed by atoms with van der Waals surface area (Å²) in [6.45, 7) is 9.82. The minimum Gasteiger partial charge on any atom is -0.490 e. The van der Waals surface area contributed by atoms with E-state index in [9.17, 15) is 4.79 Å². The van der Waals surface area contributed by atoms with E-state index in [0.717, 1.165) is 34.3 Å². The van der Waals surface area contributed by atoms with E-state index in [1.165, 1.54) is 0 Å². The third-order valence-electron chi connectivity index (χ3n) is 4.99. The van der Waals surface area contributed by atoms with Gasteiger partial charge in [-0.3, -0.25) is 9.69 Å². The van der Waals surface area contributed by atoms with Crippen molar-refractivity contribution in [3.05, 3.63) is 70.2 Å². The largest absolute Gasteiger partial charge is 0.490 e. The van der Waals surface area contributed by atoms with Gasteiger partial charge < -0.3 is 14.2 Å². The molecule has 1 aliphatic rings. The summed E-state index contributed by atoms with van der Waals surface area (Å²) in [6.07, 6.45) is 4.05. The fourth-order valence-corrected chi connectivity index (χ4v) is 3.67. The molecule has 0 radical (unpaired) electrons. The Balaban J connectivity index is 1.70. The molecule has 2 aromatic rings. The number of benzene rings is 2. The standard InChI is InChI=1S/C25H30BrN3O4/c1-3-5-21-14-20(16-27-28-24(30)17-29-10-12-31-13-11-29)15-23(32-4-2)25(21)33-18-19-6-8-22(26)9-7-19/h3,6-9,14-16H,1,4-5,10-13,17-18H2,2H3,(H,28,30)/b27-16+. The van der Waals surface area contributed by atoms with Gasteiger partial charge in [-0.05, 0) is 48.7 Å². The van der Waals surface area contributed by atoms with Gasteiger partial charge in [0.2, 0.25) is 0 Å². The fraction of sp³-hybridized carbons (Fsp3) is 0.360. The number of ether oxygens (including phenoxy) is 3. The second-order valence-corrected chi connectivity index (χ2v) is 8.45. The summed E-state index contributed by atoms with van der Waals surface area (Å²) >= 11 is 3.45. The molecule has 1 aliphatic heterocycles. The summed E-state index contributed by atoms with van der Waals surface area (Å²) in [5.74, 6) is 1.17. The first-order valence-corrected chi connectivity index (χ1v) is 11.8. The molecule has 1 amide bonds. The molecule has 7 nitrogen and oxygen atoms in total. The monoisotopic (exact) mass is 515 g/mol. The molecule has 1 fully saturated rings. The molecule has 0 aliphatic carbocycles. The van der Waals surface area contributed by atoms with Crippen molar-refractivity contribution in [3.63, 3.8) is 0 Å². The van der Waals surface area contributed by atoms with E-state index < -0.39 is 0 Å². The molecule has 8 heteroatoms. The van der Waals surface area contributed by atoms with Gasteiger partial charge in [-0.15, -0.1) is 6.58 Å². The third kappa shape index (κ3) is 7.99. The second-order valence-electron chi connectivity index (χ2n) is 7.53. The summed E-state index contributed by atoms with van der Waals surface area (Å²) in [4.78, 5) is 14.2. The number of carbonyl (C=O) groups is 1. The van der Waals surface area contributed by atoms with Crippen LogP contribution in [0.1, 0.15) is 23.6 Å². The van der Waals surface area contributed by atoms with E-state index in [-0.39, 0.29) is 5.91 Å². The molecule has 0 unspecified atom stereocenters. The minimum absolute atomic E-state index is 0.154. The Morgan fingerprint density at radius 3 is 2.70 bits per heavy atom. The zero-order chi connectivity index (χ0) is 23.5. The van der Waals surface area contributed by atoms with Crippen molar-refractivity contribution < 1.29 is 19.0 Å². The molecule has 0 spiro atoms. The van der Waals surface area contributed by atoms with Crippen molar-refractivity contribution >= 4 is 28.1 Å². The van der Waals surface area contributed by atoms with E-state index in [1.54, 1.807) is 6.21 Å². The van der Waals surface area contributed by atoms with Gasteiger partial charge in [-0.2, -0.15) is 5.10 Å². The minimum atomic E-state index is -0.154. The van der Waals surface area contributed by atoms with Gasteiger partial charge in [0.05, 0.1) is 32.6 Å². The number of hydrogen-bond acceptors (Lipinski definition) is 6. The van der Waals surface area contributed by atoms with Crippen LogP contribution in [0.25, 0.3) is 0 Å². The molecule has 176 valence electrons. The van der Waals surface area contributed by atoms with Crippen molar-refractivity contribution in [1.29, 1.82) is 0 Å². The highest BCUT2D eigenvalue weighted by atomic mass is 79.9. The second kappa shape index (κ2) is 13.1. The van der Waals surface area contributed by atoms with E-state index >= 15 is 0 Å². The van der Waals surface area contributed by atoms with E-state index in [1.807, 2.05) is 54.3 Å². The van der Waals surface area contributed by atoms with Gasteiger partial charge in [0, 0.05) is 23.1 Å². The van der Waals surface area contributed by atoms with Crippen molar-refractivity contribution in [2.45, 2.75) is 20.0 Å². The molecule has 2 aromatic carbocycles. The number of morpholine rings is 1. The van der Waals surface area contributed by atoms with Crippen LogP contribution in [0.2, 0.25) is 0 Å². The van der Waals surface area contributed by atoms with Crippen LogP contribution in [-0.4, -0.2) is 56.5 Å². The number of nitrogens with one attached hydrogen (secondary N) is 1. The zero-order valence-corrected chi connectivity index (χ0v) is 20.5. The highest BCUT2D eigenvalue weighted by Crippen LogP contribution is 2.34. The van der Waals surface area contributed by atoms with Gasteiger partial charge in [0.1, 0.15) is 6.61 Å². The molecule has 1 N–H and O–H groups in total. The molecule has 0 bridgehead atoms. The van der Waals surface area contributed by atoms with Crippen LogP contribution in [0.4, 0.5) is 0 Å². The maximum absolute atomic E-state index is 12.2. The number of rotatable bonds is 11. The summed E-state index contributed by atoms with van der Waals surface area (Å²) in [7, 11) is 0. The average molecular weight is 516 g/mol. The van der Waals surface area contributed by atoms with Crippen LogP contribution in [0.3, 0.4) is 0 Å². The number of halogens is 1. The number of hydrogen-bond donors (Lipinski definition) is 1. The Kier molecular flexibility index (Phi) is 9.93. The van der Waals surface area contributed by atoms with Crippen LogP contribution >= 0.6 is 15.9 Å². The maximum atomic E-state index is 12.2. The summed E-state index contributed by atoms with van der Waals surface area (Å²) in [6, 6.07) is 11.8. The molecule has 1 saturated heterocycles. The first-order valence-electron chi connectivity index (χ1n) is 11.0. The van der Waals surface area contributed by atoms with Crippen molar-refractivity contribution in [2.24, 2.45) is 5.10 Å². The molecular formula is C25H30BrN3O4. The molecular weight excluding hydrogens is 486 g/mol. The fourth-order valence-electron chi connectivity index (χ4n) is 3.40. The van der Waals surface area contributed by atoms with Crippen molar-refractivity contribution in [1.82, 2.24) is 10.3 Å².